The van der Waals surface area contributed by atoms with Gasteiger partial charge in [-0.3, -0.25) is 9.78 Å². The molecule has 29 heavy (non-hydrogen) atoms. The van der Waals surface area contributed by atoms with Crippen LogP contribution in [0.15, 0.2) is 59.7 Å². The molecule has 0 saturated carbocycles. The maximum absolute atomic E-state index is 13.3. The molecule has 1 aliphatic heterocycles. The van der Waals surface area contributed by atoms with Crippen LogP contribution in [0.3, 0.4) is 0 Å². The molecule has 3 heterocycles. The number of rotatable bonds is 2. The van der Waals surface area contributed by atoms with Crippen molar-refractivity contribution < 1.29 is 9.53 Å². The number of carbonyl (C=O) groups excluding carboxylic acids is 1. The van der Waals surface area contributed by atoms with Crippen LogP contribution in [0.4, 0.5) is 0 Å². The van der Waals surface area contributed by atoms with E-state index in [4.69, 9.17) is 4.74 Å². The summed E-state index contributed by atoms with van der Waals surface area (Å²) in [6.07, 6.45) is 5.26. The van der Waals surface area contributed by atoms with Gasteiger partial charge in [-0.05, 0) is 56.9 Å². The van der Waals surface area contributed by atoms with Crippen LogP contribution in [-0.2, 0) is 17.7 Å². The number of aryl methyl sites for hydroxylation is 1. The second kappa shape index (κ2) is 7.32. The fourth-order valence-electron chi connectivity index (χ4n) is 3.77. The summed E-state index contributed by atoms with van der Waals surface area (Å²) in [4.78, 5) is 30.5. The Morgan fingerprint density at radius 1 is 1.10 bits per heavy atom. The molecule has 0 saturated heterocycles. The fraction of sp³-hybridized carbons (Fsp3) is 0.292. The van der Waals surface area contributed by atoms with Gasteiger partial charge in [0.15, 0.2) is 0 Å². The van der Waals surface area contributed by atoms with E-state index in [9.17, 15) is 9.59 Å². The van der Waals surface area contributed by atoms with Crippen LogP contribution >= 0.6 is 0 Å². The van der Waals surface area contributed by atoms with Crippen molar-refractivity contribution in [2.45, 2.75) is 45.8 Å². The van der Waals surface area contributed by atoms with Crippen LogP contribution in [0.25, 0.3) is 22.4 Å². The Bertz CT molecular complexity index is 1130. The van der Waals surface area contributed by atoms with Gasteiger partial charge in [0, 0.05) is 30.1 Å². The zero-order valence-corrected chi connectivity index (χ0v) is 16.9. The van der Waals surface area contributed by atoms with Gasteiger partial charge in [0.2, 0.25) is 0 Å². The van der Waals surface area contributed by atoms with Crippen LogP contribution in [0.2, 0.25) is 0 Å². The molecule has 0 amide bonds. The van der Waals surface area contributed by atoms with Gasteiger partial charge in [0.25, 0.3) is 5.56 Å². The molecule has 5 heteroatoms. The third-order valence-corrected chi connectivity index (χ3v) is 4.99. The monoisotopic (exact) mass is 388 g/mol. The Morgan fingerprint density at radius 3 is 2.59 bits per heavy atom. The number of nitrogens with zero attached hydrogens (tertiary/aromatic N) is 2. The number of hydrogen-bond donors (Lipinski definition) is 0. The molecule has 1 aromatic carbocycles. The molecule has 2 aromatic heterocycles. The normalized spacial score (nSPS) is 13.2. The minimum Gasteiger partial charge on any atom is -0.456 e. The van der Waals surface area contributed by atoms with Gasteiger partial charge in [-0.1, -0.05) is 30.3 Å². The average Bonchev–Trinajstić information content (AvgIpc) is 2.88. The van der Waals surface area contributed by atoms with E-state index in [1.54, 1.807) is 37.6 Å². The lowest BCUT2D eigenvalue weighted by Crippen LogP contribution is -2.32. The van der Waals surface area contributed by atoms with Crippen molar-refractivity contribution in [3.8, 4) is 22.4 Å². The Morgan fingerprint density at radius 2 is 1.86 bits per heavy atom. The average molecular weight is 388 g/mol. The van der Waals surface area contributed by atoms with Crippen LogP contribution in [0.1, 0.15) is 43.1 Å². The number of aromatic nitrogens is 2. The van der Waals surface area contributed by atoms with Crippen LogP contribution in [0, 0.1) is 0 Å². The fourth-order valence-corrected chi connectivity index (χ4v) is 3.77. The van der Waals surface area contributed by atoms with Gasteiger partial charge in [-0.15, -0.1) is 0 Å². The summed E-state index contributed by atoms with van der Waals surface area (Å²) in [6.45, 7) is 5.93. The summed E-state index contributed by atoms with van der Waals surface area (Å²) in [5.74, 6) is -0.592. The first-order chi connectivity index (χ1) is 13.8. The summed E-state index contributed by atoms with van der Waals surface area (Å²) in [5, 5.41) is 0. The number of fused-ring (bicyclic) bond motifs is 3. The number of ether oxygens (including phenoxy) is 1. The maximum atomic E-state index is 13.3. The van der Waals surface area contributed by atoms with Gasteiger partial charge in [0.05, 0.1) is 5.69 Å². The number of hydrogen-bond acceptors (Lipinski definition) is 4. The van der Waals surface area contributed by atoms with Crippen molar-refractivity contribution in [1.29, 1.82) is 0 Å². The highest BCUT2D eigenvalue weighted by Gasteiger charge is 2.27. The zero-order valence-electron chi connectivity index (χ0n) is 16.9. The molecule has 0 radical (unpaired) electrons. The minimum atomic E-state index is -0.676. The summed E-state index contributed by atoms with van der Waals surface area (Å²) in [7, 11) is 0. The van der Waals surface area contributed by atoms with E-state index >= 15 is 0 Å². The van der Waals surface area contributed by atoms with E-state index in [2.05, 4.69) is 4.98 Å². The Kier molecular flexibility index (Phi) is 4.82. The van der Waals surface area contributed by atoms with Crippen molar-refractivity contribution in [3.63, 3.8) is 0 Å². The van der Waals surface area contributed by atoms with Gasteiger partial charge in [-0.2, -0.15) is 0 Å². The molecule has 0 N–H and O–H groups in total. The Labute approximate surface area is 170 Å². The largest absolute Gasteiger partial charge is 0.456 e. The first kappa shape index (κ1) is 19.1. The molecular weight excluding hydrogens is 364 g/mol. The lowest BCUT2D eigenvalue weighted by Gasteiger charge is -2.21. The summed E-state index contributed by atoms with van der Waals surface area (Å²) >= 11 is 0. The first-order valence-corrected chi connectivity index (χ1v) is 9.85. The molecule has 0 fully saturated rings. The molecule has 0 atom stereocenters. The third kappa shape index (κ3) is 3.73. The topological polar surface area (TPSA) is 61.2 Å². The summed E-state index contributed by atoms with van der Waals surface area (Å²) in [6, 6.07) is 13.5. The highest BCUT2D eigenvalue weighted by atomic mass is 16.6. The lowest BCUT2D eigenvalue weighted by molar-refractivity contribution is 0.00669. The molecule has 1 aliphatic rings. The van der Waals surface area contributed by atoms with Crippen LogP contribution in [-0.4, -0.2) is 21.1 Å². The predicted molar refractivity (Wildman–Crippen MR) is 113 cm³/mol. The van der Waals surface area contributed by atoms with Crippen molar-refractivity contribution in [3.05, 3.63) is 76.3 Å². The van der Waals surface area contributed by atoms with Crippen LogP contribution in [0.5, 0.6) is 0 Å². The SMILES string of the molecule is CC(C)(C)OC(=O)c1cc(-c2ccccc2)c2n(c1=O)CCCc1ccncc1-2. The molecular formula is C24H24N2O3. The maximum Gasteiger partial charge on any atom is 0.344 e. The van der Waals surface area contributed by atoms with Gasteiger partial charge in [0.1, 0.15) is 11.2 Å². The Balaban J connectivity index is 2.03. The number of benzene rings is 1. The molecule has 3 aromatic rings. The van der Waals surface area contributed by atoms with Crippen molar-refractivity contribution in [1.82, 2.24) is 9.55 Å². The highest BCUT2D eigenvalue weighted by molar-refractivity contribution is 5.93. The number of carbonyl (C=O) groups is 1. The van der Waals surface area contributed by atoms with Crippen LogP contribution < -0.4 is 5.56 Å². The van der Waals surface area contributed by atoms with Gasteiger partial charge < -0.3 is 9.30 Å². The minimum absolute atomic E-state index is 0.0647. The third-order valence-electron chi connectivity index (χ3n) is 4.99. The zero-order chi connectivity index (χ0) is 20.6. The molecule has 0 unspecified atom stereocenters. The van der Waals surface area contributed by atoms with Crippen molar-refractivity contribution in [2.24, 2.45) is 0 Å². The van der Waals surface area contributed by atoms with E-state index in [0.717, 1.165) is 40.8 Å². The second-order valence-corrected chi connectivity index (χ2v) is 8.28. The molecule has 4 rings (SSSR count). The molecule has 0 bridgehead atoms. The van der Waals surface area contributed by atoms with Crippen molar-refractivity contribution >= 4 is 5.97 Å². The predicted octanol–water partition coefficient (Wildman–Crippen LogP) is 4.48. The van der Waals surface area contributed by atoms with Crippen molar-refractivity contribution in [2.75, 3.05) is 0 Å². The first-order valence-electron chi connectivity index (χ1n) is 9.85. The van der Waals surface area contributed by atoms with Gasteiger partial charge >= 0.3 is 5.97 Å². The molecule has 0 aliphatic carbocycles. The number of esters is 1. The van der Waals surface area contributed by atoms with E-state index < -0.39 is 11.6 Å². The quantitative estimate of drug-likeness (QED) is 0.608. The smallest absolute Gasteiger partial charge is 0.344 e. The highest BCUT2D eigenvalue weighted by Crippen LogP contribution is 2.36. The van der Waals surface area contributed by atoms with Gasteiger partial charge in [-0.25, -0.2) is 4.79 Å². The molecule has 0 spiro atoms. The standard InChI is InChI=1S/C24H24N2O3/c1-24(2,3)29-23(28)19-14-18(16-8-5-4-6-9-16)21-20-15-25-12-11-17(20)10-7-13-26(21)22(19)27/h4-6,8-9,11-12,14-15H,7,10,13H2,1-3H3. The van der Waals surface area contributed by atoms with E-state index in [1.807, 2.05) is 42.6 Å². The second-order valence-electron chi connectivity index (χ2n) is 8.28. The molecule has 5 nitrogen and oxygen atoms in total. The summed E-state index contributed by atoms with van der Waals surface area (Å²) < 4.78 is 7.24. The number of pyridine rings is 2. The van der Waals surface area contributed by atoms with E-state index in [0.29, 0.717) is 6.54 Å². The molecule has 148 valence electrons. The summed E-state index contributed by atoms with van der Waals surface area (Å²) in [5.41, 5.74) is 3.77. The lowest BCUT2D eigenvalue weighted by atomic mass is 9.95. The van der Waals surface area contributed by atoms with E-state index in [1.165, 1.54) is 0 Å². The Hall–Kier alpha value is -3.21. The van der Waals surface area contributed by atoms with E-state index in [-0.39, 0.29) is 11.1 Å².